The summed E-state index contributed by atoms with van der Waals surface area (Å²) in [4.78, 5) is 0. The first-order valence-corrected chi connectivity index (χ1v) is 9.88. The number of hydrogen-bond acceptors (Lipinski definition) is 3. The van der Waals surface area contributed by atoms with Crippen LogP contribution >= 0.6 is 22.9 Å². The largest absolute Gasteiger partial charge is 0.250 e. The van der Waals surface area contributed by atoms with Crippen molar-refractivity contribution in [2.24, 2.45) is 0 Å². The van der Waals surface area contributed by atoms with Crippen LogP contribution in [0.4, 0.5) is 0 Å². The molecule has 3 nitrogen and oxygen atoms in total. The van der Waals surface area contributed by atoms with E-state index in [4.69, 9.17) is 11.6 Å². The number of sulfonamides is 1. The molecule has 6 heteroatoms. The first-order valence-electron chi connectivity index (χ1n) is 7.21. The molecular formula is C16H20ClNO2S2. The van der Waals surface area contributed by atoms with Crippen molar-refractivity contribution in [2.45, 2.75) is 43.4 Å². The Kier molecular flexibility index (Phi) is 5.66. The number of nitrogens with one attached hydrogen (secondary N) is 1. The number of benzene rings is 1. The maximum absolute atomic E-state index is 12.4. The molecule has 1 heterocycles. The topological polar surface area (TPSA) is 46.2 Å². The minimum atomic E-state index is -3.54. The van der Waals surface area contributed by atoms with Crippen molar-refractivity contribution in [1.29, 1.82) is 0 Å². The molecule has 1 N–H and O–H groups in total. The van der Waals surface area contributed by atoms with Gasteiger partial charge in [-0.05, 0) is 35.6 Å². The van der Waals surface area contributed by atoms with Crippen LogP contribution in [0, 0.1) is 0 Å². The lowest BCUT2D eigenvalue weighted by molar-refractivity contribution is 0.552. The molecule has 1 atom stereocenters. The fraction of sp³-hybridized carbons (Fsp3) is 0.375. The second-order valence-electron chi connectivity index (χ2n) is 5.46. The van der Waals surface area contributed by atoms with Crippen LogP contribution in [0.5, 0.6) is 0 Å². The summed E-state index contributed by atoms with van der Waals surface area (Å²) < 4.78 is 28.3. The lowest BCUT2D eigenvalue weighted by Crippen LogP contribution is -2.27. The summed E-state index contributed by atoms with van der Waals surface area (Å²) in [6.07, 6.45) is 0.680. The van der Waals surface area contributed by atoms with Gasteiger partial charge in [0.15, 0.2) is 0 Å². The summed E-state index contributed by atoms with van der Waals surface area (Å²) in [5, 5.41) is 0. The van der Waals surface area contributed by atoms with E-state index in [1.165, 1.54) is 11.6 Å². The minimum Gasteiger partial charge on any atom is -0.206 e. The maximum Gasteiger partial charge on any atom is 0.250 e. The number of thiophene rings is 1. The zero-order valence-corrected chi connectivity index (χ0v) is 15.2. The van der Waals surface area contributed by atoms with E-state index in [-0.39, 0.29) is 10.3 Å². The molecule has 1 unspecified atom stereocenters. The van der Waals surface area contributed by atoms with Crippen molar-refractivity contribution in [1.82, 2.24) is 4.72 Å². The predicted molar refractivity (Wildman–Crippen MR) is 93.2 cm³/mol. The van der Waals surface area contributed by atoms with Crippen LogP contribution in [-0.2, 0) is 10.0 Å². The van der Waals surface area contributed by atoms with E-state index < -0.39 is 10.0 Å². The Balaban J connectivity index is 2.21. The predicted octanol–water partition coefficient (Wildman–Crippen LogP) is 4.95. The summed E-state index contributed by atoms with van der Waals surface area (Å²) in [6, 6.07) is 11.0. The van der Waals surface area contributed by atoms with Gasteiger partial charge in [-0.15, -0.1) is 11.3 Å². The zero-order chi connectivity index (χ0) is 16.3. The smallest absolute Gasteiger partial charge is 0.206 e. The molecule has 0 aliphatic carbocycles. The third-order valence-corrected chi connectivity index (χ3v) is 6.72. The monoisotopic (exact) mass is 357 g/mol. The highest BCUT2D eigenvalue weighted by molar-refractivity contribution is 7.91. The molecule has 2 aromatic rings. The molecule has 120 valence electrons. The highest BCUT2D eigenvalue weighted by Gasteiger charge is 2.22. The molecule has 0 saturated heterocycles. The van der Waals surface area contributed by atoms with Gasteiger partial charge < -0.3 is 0 Å². The Labute approximate surface area is 141 Å². The SMILES string of the molecule is CCC(NS(=O)(=O)c1ccc(Cl)s1)c1ccc(C(C)C)cc1. The quantitative estimate of drug-likeness (QED) is 0.794. The van der Waals surface area contributed by atoms with Gasteiger partial charge in [-0.25, -0.2) is 13.1 Å². The Morgan fingerprint density at radius 2 is 1.68 bits per heavy atom. The van der Waals surface area contributed by atoms with Crippen molar-refractivity contribution < 1.29 is 8.42 Å². The molecule has 0 fully saturated rings. The Hall–Kier alpha value is -0.880. The number of hydrogen-bond donors (Lipinski definition) is 1. The first-order chi connectivity index (χ1) is 10.3. The van der Waals surface area contributed by atoms with E-state index in [2.05, 4.69) is 30.7 Å². The molecule has 1 aromatic carbocycles. The van der Waals surface area contributed by atoms with E-state index in [1.54, 1.807) is 6.07 Å². The molecule has 22 heavy (non-hydrogen) atoms. The van der Waals surface area contributed by atoms with Crippen molar-refractivity contribution in [2.75, 3.05) is 0 Å². The molecular weight excluding hydrogens is 338 g/mol. The van der Waals surface area contributed by atoms with Gasteiger partial charge in [-0.3, -0.25) is 0 Å². The average molecular weight is 358 g/mol. The van der Waals surface area contributed by atoms with Gasteiger partial charge in [0.25, 0.3) is 10.0 Å². The van der Waals surface area contributed by atoms with Gasteiger partial charge in [-0.1, -0.05) is 56.6 Å². The van der Waals surface area contributed by atoms with Crippen molar-refractivity contribution in [3.05, 3.63) is 51.9 Å². The normalized spacial score (nSPS) is 13.5. The van der Waals surface area contributed by atoms with Crippen LogP contribution < -0.4 is 4.72 Å². The standard InChI is InChI=1S/C16H20ClNO2S2/c1-4-14(13-7-5-12(6-8-13)11(2)3)18-22(19,20)16-10-9-15(17)21-16/h5-11,14,18H,4H2,1-3H3. The number of rotatable bonds is 6. The number of halogens is 1. The van der Waals surface area contributed by atoms with Gasteiger partial charge in [0.2, 0.25) is 0 Å². The van der Waals surface area contributed by atoms with Crippen LogP contribution in [0.2, 0.25) is 4.34 Å². The lowest BCUT2D eigenvalue weighted by Gasteiger charge is -2.18. The Morgan fingerprint density at radius 1 is 1.09 bits per heavy atom. The van der Waals surface area contributed by atoms with Gasteiger partial charge in [-0.2, -0.15) is 0 Å². The van der Waals surface area contributed by atoms with E-state index >= 15 is 0 Å². The molecule has 2 rings (SSSR count). The summed E-state index contributed by atoms with van der Waals surface area (Å²) in [6.45, 7) is 6.23. The molecule has 0 aliphatic heterocycles. The van der Waals surface area contributed by atoms with E-state index in [0.717, 1.165) is 16.9 Å². The highest BCUT2D eigenvalue weighted by atomic mass is 35.5. The molecule has 0 spiro atoms. The average Bonchev–Trinajstić information content (AvgIpc) is 2.92. The van der Waals surface area contributed by atoms with Crippen LogP contribution in [0.3, 0.4) is 0 Å². The molecule has 1 aromatic heterocycles. The Bertz CT molecular complexity index is 721. The van der Waals surface area contributed by atoms with Crippen LogP contribution in [0.25, 0.3) is 0 Å². The summed E-state index contributed by atoms with van der Waals surface area (Å²) in [5.74, 6) is 0.457. The minimum absolute atomic E-state index is 0.243. The molecule has 0 bridgehead atoms. The van der Waals surface area contributed by atoms with E-state index in [9.17, 15) is 8.42 Å². The molecule has 0 saturated carbocycles. The van der Waals surface area contributed by atoms with E-state index in [1.807, 2.05) is 19.1 Å². The van der Waals surface area contributed by atoms with Crippen LogP contribution in [0.15, 0.2) is 40.6 Å². The maximum atomic E-state index is 12.4. The molecule has 0 aliphatic rings. The summed E-state index contributed by atoms with van der Waals surface area (Å²) >= 11 is 6.89. The summed E-state index contributed by atoms with van der Waals surface area (Å²) in [5.41, 5.74) is 2.21. The fourth-order valence-corrected chi connectivity index (χ4v) is 4.99. The Morgan fingerprint density at radius 3 is 2.14 bits per heavy atom. The second-order valence-corrected chi connectivity index (χ2v) is 9.12. The molecule has 0 amide bonds. The lowest BCUT2D eigenvalue weighted by atomic mass is 9.98. The van der Waals surface area contributed by atoms with Gasteiger partial charge >= 0.3 is 0 Å². The van der Waals surface area contributed by atoms with Crippen molar-refractivity contribution >= 4 is 33.0 Å². The van der Waals surface area contributed by atoms with Crippen molar-refractivity contribution in [3.63, 3.8) is 0 Å². The van der Waals surface area contributed by atoms with Crippen LogP contribution in [0.1, 0.15) is 50.3 Å². The summed E-state index contributed by atoms with van der Waals surface area (Å²) in [7, 11) is -3.54. The van der Waals surface area contributed by atoms with Crippen LogP contribution in [-0.4, -0.2) is 8.42 Å². The van der Waals surface area contributed by atoms with Gasteiger partial charge in [0, 0.05) is 6.04 Å². The van der Waals surface area contributed by atoms with E-state index in [0.29, 0.717) is 16.7 Å². The third-order valence-electron chi connectivity index (χ3n) is 3.52. The van der Waals surface area contributed by atoms with Gasteiger partial charge in [0.05, 0.1) is 4.34 Å². The zero-order valence-electron chi connectivity index (χ0n) is 12.8. The molecule has 0 radical (unpaired) electrons. The highest BCUT2D eigenvalue weighted by Crippen LogP contribution is 2.28. The van der Waals surface area contributed by atoms with Crippen molar-refractivity contribution in [3.8, 4) is 0 Å². The first kappa shape index (κ1) is 17.5. The van der Waals surface area contributed by atoms with Gasteiger partial charge in [0.1, 0.15) is 4.21 Å². The fourth-order valence-electron chi connectivity index (χ4n) is 2.19. The second kappa shape index (κ2) is 7.13. The third kappa shape index (κ3) is 4.10.